The van der Waals surface area contributed by atoms with Gasteiger partial charge in [0.05, 0.1) is 19.8 Å². The monoisotopic (exact) mass is 319 g/mol. The van der Waals surface area contributed by atoms with Crippen molar-refractivity contribution in [2.24, 2.45) is 0 Å². The number of hydrogen-bond acceptors (Lipinski definition) is 5. The molecule has 1 aromatic heterocycles. The number of carbonyl (C=O) groups is 1. The number of nitrogens with zero attached hydrogens (tertiary/aromatic N) is 1. The number of carboxylic acid groups (broad SMARTS) is 1. The van der Waals surface area contributed by atoms with Crippen LogP contribution in [0.15, 0.2) is 16.7 Å². The van der Waals surface area contributed by atoms with Crippen molar-refractivity contribution >= 4 is 21.9 Å². The van der Waals surface area contributed by atoms with Crippen LogP contribution in [-0.2, 0) is 9.47 Å². The third kappa shape index (κ3) is 4.99. The predicted octanol–water partition coefficient (Wildman–Crippen LogP) is 1.58. The van der Waals surface area contributed by atoms with E-state index in [9.17, 15) is 4.79 Å². The molecule has 0 atom stereocenters. The Kier molecular flexibility index (Phi) is 6.63. The zero-order valence-corrected chi connectivity index (χ0v) is 11.5. The summed E-state index contributed by atoms with van der Waals surface area (Å²) in [5.74, 6) is -1.000. The maximum Gasteiger partial charge on any atom is 0.341 e. The first-order chi connectivity index (χ1) is 8.65. The van der Waals surface area contributed by atoms with Gasteiger partial charge >= 0.3 is 5.97 Å². The van der Waals surface area contributed by atoms with Crippen LogP contribution in [0.25, 0.3) is 0 Å². The molecular formula is C11H14BrNO5. The van der Waals surface area contributed by atoms with Crippen LogP contribution in [0.3, 0.4) is 0 Å². The lowest BCUT2D eigenvalue weighted by atomic mass is 10.3. The van der Waals surface area contributed by atoms with Gasteiger partial charge in [0.1, 0.15) is 12.2 Å². The van der Waals surface area contributed by atoms with Crippen molar-refractivity contribution in [2.75, 3.05) is 33.5 Å². The lowest BCUT2D eigenvalue weighted by Gasteiger charge is -2.08. The highest BCUT2D eigenvalue weighted by Gasteiger charge is 2.13. The van der Waals surface area contributed by atoms with Crippen molar-refractivity contribution in [2.45, 2.75) is 0 Å². The maximum atomic E-state index is 11.0. The fraction of sp³-hybridized carbons (Fsp3) is 0.455. The first kappa shape index (κ1) is 14.9. The largest absolute Gasteiger partial charge is 0.477 e. The van der Waals surface area contributed by atoms with Crippen LogP contribution in [0.2, 0.25) is 0 Å². The zero-order chi connectivity index (χ0) is 13.4. The van der Waals surface area contributed by atoms with Gasteiger partial charge in [-0.2, -0.15) is 0 Å². The van der Waals surface area contributed by atoms with Gasteiger partial charge in [0.15, 0.2) is 0 Å². The van der Waals surface area contributed by atoms with Crippen LogP contribution >= 0.6 is 15.9 Å². The first-order valence-electron chi connectivity index (χ1n) is 5.23. The zero-order valence-electron chi connectivity index (χ0n) is 9.89. The number of pyridine rings is 1. The van der Waals surface area contributed by atoms with E-state index in [4.69, 9.17) is 19.3 Å². The highest BCUT2D eigenvalue weighted by Crippen LogP contribution is 2.19. The molecule has 6 nitrogen and oxygen atoms in total. The van der Waals surface area contributed by atoms with Crippen LogP contribution in [-0.4, -0.2) is 49.6 Å². The van der Waals surface area contributed by atoms with Gasteiger partial charge in [0.2, 0.25) is 5.88 Å². The summed E-state index contributed by atoms with van der Waals surface area (Å²) >= 11 is 3.15. The molecule has 100 valence electrons. The molecule has 0 saturated heterocycles. The van der Waals surface area contributed by atoms with Gasteiger partial charge in [-0.25, -0.2) is 9.78 Å². The molecule has 0 aromatic carbocycles. The van der Waals surface area contributed by atoms with E-state index < -0.39 is 5.97 Å². The number of halogens is 1. The van der Waals surface area contributed by atoms with Gasteiger partial charge in [-0.15, -0.1) is 0 Å². The van der Waals surface area contributed by atoms with Gasteiger partial charge in [0.25, 0.3) is 0 Å². The highest BCUT2D eigenvalue weighted by molar-refractivity contribution is 9.10. The second-order valence-corrected chi connectivity index (χ2v) is 4.18. The summed E-state index contributed by atoms with van der Waals surface area (Å²) in [7, 11) is 1.59. The van der Waals surface area contributed by atoms with E-state index in [2.05, 4.69) is 20.9 Å². The van der Waals surface area contributed by atoms with Crippen LogP contribution in [0, 0.1) is 0 Å². The topological polar surface area (TPSA) is 77.9 Å². The summed E-state index contributed by atoms with van der Waals surface area (Å²) < 4.78 is 15.8. The number of carboxylic acids is 1. The summed E-state index contributed by atoms with van der Waals surface area (Å²) in [6.07, 6.45) is 1.48. The molecule has 1 rings (SSSR count). The van der Waals surface area contributed by atoms with E-state index in [0.29, 0.717) is 24.3 Å². The van der Waals surface area contributed by atoms with Gasteiger partial charge in [0, 0.05) is 17.8 Å². The van der Waals surface area contributed by atoms with Crippen LogP contribution in [0.4, 0.5) is 0 Å². The standard InChI is InChI=1S/C11H14BrNO5/c1-16-2-3-17-4-5-18-10-9(11(14)15)6-8(12)7-13-10/h6-7H,2-5H2,1H3,(H,14,15). The Balaban J connectivity index is 2.44. The molecular weight excluding hydrogens is 306 g/mol. The molecule has 0 fully saturated rings. The van der Waals surface area contributed by atoms with Gasteiger partial charge in [-0.05, 0) is 22.0 Å². The normalized spacial score (nSPS) is 10.3. The summed E-state index contributed by atoms with van der Waals surface area (Å²) in [4.78, 5) is 14.9. The maximum absolute atomic E-state index is 11.0. The minimum Gasteiger partial charge on any atom is -0.477 e. The lowest BCUT2D eigenvalue weighted by molar-refractivity contribution is 0.0527. The number of aromatic carboxylic acids is 1. The summed E-state index contributed by atoms with van der Waals surface area (Å²) in [6.45, 7) is 1.56. The van der Waals surface area contributed by atoms with Gasteiger partial charge < -0.3 is 19.3 Å². The van der Waals surface area contributed by atoms with Crippen LogP contribution in [0.1, 0.15) is 10.4 Å². The lowest BCUT2D eigenvalue weighted by Crippen LogP contribution is -2.12. The number of methoxy groups -OCH3 is 1. The molecule has 1 N–H and O–H groups in total. The van der Waals surface area contributed by atoms with Crippen molar-refractivity contribution in [1.82, 2.24) is 4.98 Å². The Morgan fingerprint density at radius 2 is 2.11 bits per heavy atom. The molecule has 1 aromatic rings. The number of ether oxygens (including phenoxy) is 3. The SMILES string of the molecule is COCCOCCOc1ncc(Br)cc1C(=O)O. The molecule has 0 unspecified atom stereocenters. The number of rotatable bonds is 8. The minimum absolute atomic E-state index is 0.0151. The summed E-state index contributed by atoms with van der Waals surface area (Å²) in [5, 5.41) is 8.97. The first-order valence-corrected chi connectivity index (χ1v) is 6.02. The average Bonchev–Trinajstić information content (AvgIpc) is 2.35. The third-order valence-electron chi connectivity index (χ3n) is 1.95. The van der Waals surface area contributed by atoms with E-state index in [1.165, 1.54) is 12.3 Å². The van der Waals surface area contributed by atoms with Gasteiger partial charge in [-0.3, -0.25) is 0 Å². The Morgan fingerprint density at radius 3 is 2.78 bits per heavy atom. The second kappa shape index (κ2) is 8.02. The number of hydrogen-bond donors (Lipinski definition) is 1. The Labute approximate surface area is 113 Å². The molecule has 0 aliphatic carbocycles. The Morgan fingerprint density at radius 1 is 1.39 bits per heavy atom. The molecule has 0 aliphatic heterocycles. The molecule has 0 bridgehead atoms. The highest BCUT2D eigenvalue weighted by atomic mass is 79.9. The average molecular weight is 320 g/mol. The van der Waals surface area contributed by atoms with E-state index >= 15 is 0 Å². The fourth-order valence-electron chi connectivity index (χ4n) is 1.14. The Bertz CT molecular complexity index is 399. The van der Waals surface area contributed by atoms with Crippen molar-refractivity contribution in [3.05, 3.63) is 22.3 Å². The quantitative estimate of drug-likeness (QED) is 0.733. The molecule has 0 saturated carbocycles. The van der Waals surface area contributed by atoms with Crippen molar-refractivity contribution in [3.63, 3.8) is 0 Å². The summed E-state index contributed by atoms with van der Waals surface area (Å²) in [5.41, 5.74) is 0.0151. The second-order valence-electron chi connectivity index (χ2n) is 3.27. The Hall–Kier alpha value is -1.18. The molecule has 7 heteroatoms. The third-order valence-corrected chi connectivity index (χ3v) is 2.38. The smallest absolute Gasteiger partial charge is 0.341 e. The molecule has 0 spiro atoms. The van der Waals surface area contributed by atoms with E-state index in [0.717, 1.165) is 0 Å². The van der Waals surface area contributed by atoms with Crippen molar-refractivity contribution in [3.8, 4) is 5.88 Å². The van der Waals surface area contributed by atoms with Crippen molar-refractivity contribution in [1.29, 1.82) is 0 Å². The molecule has 18 heavy (non-hydrogen) atoms. The van der Waals surface area contributed by atoms with Crippen LogP contribution < -0.4 is 4.74 Å². The van der Waals surface area contributed by atoms with E-state index in [-0.39, 0.29) is 18.1 Å². The minimum atomic E-state index is -1.08. The fourth-order valence-corrected chi connectivity index (χ4v) is 1.47. The molecule has 0 aliphatic rings. The van der Waals surface area contributed by atoms with E-state index in [1.807, 2.05) is 0 Å². The van der Waals surface area contributed by atoms with Crippen molar-refractivity contribution < 1.29 is 24.1 Å². The molecule has 0 radical (unpaired) electrons. The number of aromatic nitrogens is 1. The molecule has 0 amide bonds. The van der Waals surface area contributed by atoms with E-state index in [1.54, 1.807) is 7.11 Å². The predicted molar refractivity (Wildman–Crippen MR) is 67.1 cm³/mol. The molecule has 1 heterocycles. The summed E-state index contributed by atoms with van der Waals surface area (Å²) in [6, 6.07) is 1.44. The van der Waals surface area contributed by atoms with Gasteiger partial charge in [-0.1, -0.05) is 0 Å². The van der Waals surface area contributed by atoms with Crippen LogP contribution in [0.5, 0.6) is 5.88 Å².